The van der Waals surface area contributed by atoms with Gasteiger partial charge in [0.05, 0.1) is 25.3 Å². The van der Waals surface area contributed by atoms with E-state index in [0.29, 0.717) is 19.7 Å². The molecule has 9 heteroatoms. The van der Waals surface area contributed by atoms with Crippen LogP contribution in [0.1, 0.15) is 61.2 Å². The van der Waals surface area contributed by atoms with Crippen molar-refractivity contribution < 1.29 is 9.47 Å². The first-order valence-corrected chi connectivity index (χ1v) is 12.2. The van der Waals surface area contributed by atoms with Crippen LogP contribution in [0.15, 0.2) is 23.0 Å². The first-order valence-electron chi connectivity index (χ1n) is 12.2. The van der Waals surface area contributed by atoms with Gasteiger partial charge < -0.3 is 14.5 Å². The number of ether oxygens (including phenoxy) is 2. The largest absolute Gasteiger partial charge is 0.383 e. The predicted molar refractivity (Wildman–Crippen MR) is 131 cm³/mol. The molecule has 2 atom stereocenters. The molecule has 3 heterocycles. The normalized spacial score (nSPS) is 17.1. The van der Waals surface area contributed by atoms with Gasteiger partial charge in [-0.15, -0.1) is 5.10 Å². The van der Waals surface area contributed by atoms with Gasteiger partial charge in [-0.05, 0) is 78.2 Å². The maximum atomic E-state index is 13.1. The maximum absolute atomic E-state index is 13.1. The number of aryl methyl sites for hydroxylation is 2. The maximum Gasteiger partial charge on any atom is 0.252 e. The van der Waals surface area contributed by atoms with Crippen molar-refractivity contribution in [2.24, 2.45) is 0 Å². The van der Waals surface area contributed by atoms with Crippen molar-refractivity contribution in [3.8, 4) is 0 Å². The average Bonchev–Trinajstić information content (AvgIpc) is 3.49. The third-order valence-corrected chi connectivity index (χ3v) is 6.74. The van der Waals surface area contributed by atoms with Gasteiger partial charge in [0, 0.05) is 37.9 Å². The van der Waals surface area contributed by atoms with Crippen molar-refractivity contribution in [1.29, 1.82) is 0 Å². The minimum absolute atomic E-state index is 0.0316. The molecule has 0 bridgehead atoms. The number of aromatic amines is 1. The fraction of sp³-hybridized carbons (Fsp3) is 0.600. The van der Waals surface area contributed by atoms with Crippen LogP contribution in [0.2, 0.25) is 0 Å². The Morgan fingerprint density at radius 2 is 2.12 bits per heavy atom. The molecule has 4 rings (SSSR count). The van der Waals surface area contributed by atoms with Crippen LogP contribution in [-0.2, 0) is 22.6 Å². The summed E-state index contributed by atoms with van der Waals surface area (Å²) in [4.78, 5) is 18.5. The molecule has 9 nitrogen and oxygen atoms in total. The van der Waals surface area contributed by atoms with Crippen molar-refractivity contribution in [2.45, 2.75) is 71.7 Å². The highest BCUT2D eigenvalue weighted by atomic mass is 16.5. The molecule has 184 valence electrons. The molecule has 0 aliphatic carbocycles. The molecular formula is C25H36N6O3. The van der Waals surface area contributed by atoms with Crippen molar-refractivity contribution in [2.75, 3.05) is 26.9 Å². The Morgan fingerprint density at radius 3 is 2.85 bits per heavy atom. The van der Waals surface area contributed by atoms with E-state index in [1.54, 1.807) is 7.11 Å². The summed E-state index contributed by atoms with van der Waals surface area (Å²) in [5.74, 6) is 0.806. The van der Waals surface area contributed by atoms with E-state index in [1.807, 2.05) is 16.8 Å². The molecule has 0 unspecified atom stereocenters. The summed E-state index contributed by atoms with van der Waals surface area (Å²) in [7, 11) is 1.67. The molecule has 1 aliphatic heterocycles. The zero-order chi connectivity index (χ0) is 24.1. The minimum atomic E-state index is -0.0534. The van der Waals surface area contributed by atoms with Crippen molar-refractivity contribution in [1.82, 2.24) is 30.1 Å². The molecule has 2 aromatic heterocycles. The molecule has 1 fully saturated rings. The fourth-order valence-electron chi connectivity index (χ4n) is 4.75. The van der Waals surface area contributed by atoms with E-state index in [0.717, 1.165) is 61.1 Å². The Balaban J connectivity index is 1.70. The first-order chi connectivity index (χ1) is 16.5. The second-order valence-corrected chi connectivity index (χ2v) is 9.27. The van der Waals surface area contributed by atoms with E-state index < -0.39 is 0 Å². The number of methoxy groups -OCH3 is 1. The number of H-pyrrole nitrogens is 1. The molecule has 1 aliphatic rings. The van der Waals surface area contributed by atoms with Gasteiger partial charge >= 0.3 is 0 Å². The molecule has 1 aromatic carbocycles. The van der Waals surface area contributed by atoms with Crippen LogP contribution in [0.25, 0.3) is 10.9 Å². The van der Waals surface area contributed by atoms with Crippen LogP contribution in [0.3, 0.4) is 0 Å². The number of tetrazole rings is 1. The molecule has 1 saturated heterocycles. The summed E-state index contributed by atoms with van der Waals surface area (Å²) in [6.07, 6.45) is 4.08. The van der Waals surface area contributed by atoms with Crippen molar-refractivity contribution in [3.63, 3.8) is 0 Å². The van der Waals surface area contributed by atoms with Crippen LogP contribution in [0.5, 0.6) is 0 Å². The number of nitrogens with zero attached hydrogens (tertiary/aromatic N) is 5. The predicted octanol–water partition coefficient (Wildman–Crippen LogP) is 3.30. The van der Waals surface area contributed by atoms with Crippen molar-refractivity contribution in [3.05, 3.63) is 51.1 Å². The van der Waals surface area contributed by atoms with Gasteiger partial charge in [-0.1, -0.05) is 13.3 Å². The van der Waals surface area contributed by atoms with E-state index in [4.69, 9.17) is 9.47 Å². The van der Waals surface area contributed by atoms with E-state index in [9.17, 15) is 4.79 Å². The summed E-state index contributed by atoms with van der Waals surface area (Å²) in [5.41, 5.74) is 3.94. The third-order valence-electron chi connectivity index (χ3n) is 6.74. The van der Waals surface area contributed by atoms with Crippen molar-refractivity contribution >= 4 is 10.9 Å². The van der Waals surface area contributed by atoms with Gasteiger partial charge in [-0.25, -0.2) is 4.68 Å². The van der Waals surface area contributed by atoms with Gasteiger partial charge in [-0.3, -0.25) is 9.69 Å². The topological polar surface area (TPSA) is 98.2 Å². The second kappa shape index (κ2) is 11.2. The van der Waals surface area contributed by atoms with Crippen LogP contribution in [0, 0.1) is 13.8 Å². The highest BCUT2D eigenvalue weighted by Crippen LogP contribution is 2.28. The van der Waals surface area contributed by atoms with Crippen LogP contribution >= 0.6 is 0 Å². The highest BCUT2D eigenvalue weighted by Gasteiger charge is 2.30. The first kappa shape index (κ1) is 24.5. The Hall–Kier alpha value is -2.62. The summed E-state index contributed by atoms with van der Waals surface area (Å²) in [6, 6.07) is 6.18. The van der Waals surface area contributed by atoms with Gasteiger partial charge in [0.2, 0.25) is 0 Å². The van der Waals surface area contributed by atoms with Crippen LogP contribution < -0.4 is 5.56 Å². The number of aromatic nitrogens is 5. The number of hydrogen-bond donors (Lipinski definition) is 1. The zero-order valence-corrected chi connectivity index (χ0v) is 20.7. The van der Waals surface area contributed by atoms with Gasteiger partial charge in [0.25, 0.3) is 5.56 Å². The number of rotatable bonds is 11. The molecule has 34 heavy (non-hydrogen) atoms. The second-order valence-electron chi connectivity index (χ2n) is 9.27. The van der Waals surface area contributed by atoms with Crippen LogP contribution in [0.4, 0.5) is 0 Å². The number of fused-ring (bicyclic) bond motifs is 1. The lowest BCUT2D eigenvalue weighted by molar-refractivity contribution is 0.0471. The Labute approximate surface area is 200 Å². The minimum Gasteiger partial charge on any atom is -0.383 e. The van der Waals surface area contributed by atoms with E-state index >= 15 is 0 Å². The Bertz CT molecular complexity index is 1150. The number of nitrogens with one attached hydrogen (secondary N) is 1. The molecule has 0 amide bonds. The highest BCUT2D eigenvalue weighted by molar-refractivity contribution is 5.80. The smallest absolute Gasteiger partial charge is 0.252 e. The lowest BCUT2D eigenvalue weighted by Gasteiger charge is -2.32. The standard InChI is InChI=1S/C25H36N6O3/c1-5-7-23(24-27-28-29-31(24)9-11-33-4)30(16-21-8-6-10-34-21)15-20-14-19-12-17(2)18(3)13-22(19)26-25(20)32/h12-14,21,23H,5-11,15-16H2,1-4H3,(H,26,32)/t21-,23+/m0/s1. The summed E-state index contributed by atoms with van der Waals surface area (Å²) in [6.45, 7) is 9.46. The lowest BCUT2D eigenvalue weighted by atomic mass is 10.0. The third kappa shape index (κ3) is 5.54. The zero-order valence-electron chi connectivity index (χ0n) is 20.7. The van der Waals surface area contributed by atoms with E-state index in [-0.39, 0.29) is 17.7 Å². The summed E-state index contributed by atoms with van der Waals surface area (Å²) in [5, 5.41) is 13.6. The van der Waals surface area contributed by atoms with Gasteiger partial charge in [0.15, 0.2) is 5.82 Å². The average molecular weight is 469 g/mol. The molecule has 0 radical (unpaired) electrons. The number of hydrogen-bond acceptors (Lipinski definition) is 7. The van der Waals surface area contributed by atoms with Gasteiger partial charge in [0.1, 0.15) is 0 Å². The number of benzene rings is 1. The molecule has 0 spiro atoms. The van der Waals surface area contributed by atoms with Gasteiger partial charge in [-0.2, -0.15) is 0 Å². The number of pyridine rings is 1. The van der Waals surface area contributed by atoms with Crippen LogP contribution in [-0.4, -0.2) is 63.1 Å². The molecule has 1 N–H and O–H groups in total. The quantitative estimate of drug-likeness (QED) is 0.461. The summed E-state index contributed by atoms with van der Waals surface area (Å²) >= 11 is 0. The van der Waals surface area contributed by atoms with E-state index in [1.165, 1.54) is 11.1 Å². The Morgan fingerprint density at radius 1 is 1.29 bits per heavy atom. The molecule has 0 saturated carbocycles. The Kier molecular flexibility index (Phi) is 8.07. The fourth-order valence-corrected chi connectivity index (χ4v) is 4.75. The SMILES string of the molecule is CCC[C@H](c1nnnn1CCOC)N(Cc1cc2cc(C)c(C)cc2[nH]c1=O)C[C@@H]1CCCO1. The lowest BCUT2D eigenvalue weighted by Crippen LogP contribution is -2.38. The molecular weight excluding hydrogens is 432 g/mol. The molecule has 3 aromatic rings. The summed E-state index contributed by atoms with van der Waals surface area (Å²) < 4.78 is 13.1. The van der Waals surface area contributed by atoms with E-state index in [2.05, 4.69) is 52.2 Å². The monoisotopic (exact) mass is 468 g/mol.